The Hall–Kier alpha value is -0.720. The van der Waals surface area contributed by atoms with Crippen LogP contribution in [-0.2, 0) is 9.47 Å². The third kappa shape index (κ3) is 4.89. The Kier molecular flexibility index (Phi) is 6.17. The summed E-state index contributed by atoms with van der Waals surface area (Å²) in [6.45, 7) is 7.95. The second-order valence-electron chi connectivity index (χ2n) is 6.15. The maximum atomic E-state index is 14.1. The van der Waals surface area contributed by atoms with Crippen molar-refractivity contribution in [2.24, 2.45) is 0 Å². The smallest absolute Gasteiger partial charge is 0.166 e. The largest absolute Gasteiger partial charge is 0.353 e. The molecule has 2 heterocycles. The Labute approximate surface area is 140 Å². The van der Waals surface area contributed by atoms with E-state index in [2.05, 4.69) is 20.9 Å². The highest BCUT2D eigenvalue weighted by Gasteiger charge is 2.29. The molecule has 0 aromatic carbocycles. The van der Waals surface area contributed by atoms with Gasteiger partial charge in [-0.2, -0.15) is 0 Å². The lowest BCUT2D eigenvalue weighted by molar-refractivity contribution is -0.212. The maximum absolute atomic E-state index is 14.1. The van der Waals surface area contributed by atoms with Crippen molar-refractivity contribution in [2.45, 2.75) is 51.9 Å². The van der Waals surface area contributed by atoms with Crippen molar-refractivity contribution in [1.29, 1.82) is 0 Å². The van der Waals surface area contributed by atoms with Gasteiger partial charge in [0.05, 0.1) is 5.60 Å². The number of ether oxygens (including phenoxy) is 2. The first-order valence-corrected chi connectivity index (χ1v) is 8.56. The van der Waals surface area contributed by atoms with Crippen LogP contribution in [-0.4, -0.2) is 36.6 Å². The highest BCUT2D eigenvalue weighted by molar-refractivity contribution is 9.10. The number of hydrogen-bond acceptors (Lipinski definition) is 4. The second kappa shape index (κ2) is 7.70. The Morgan fingerprint density at radius 2 is 2.27 bits per heavy atom. The summed E-state index contributed by atoms with van der Waals surface area (Å²) in [5.41, 5.74) is -0.445. The number of anilines is 1. The van der Waals surface area contributed by atoms with Crippen LogP contribution in [0.2, 0.25) is 0 Å². The molecule has 124 valence electrons. The molecule has 0 saturated carbocycles. The van der Waals surface area contributed by atoms with Crippen molar-refractivity contribution in [2.75, 3.05) is 24.6 Å². The number of likely N-dealkylation sites (N-methyl/N-ethyl adjacent to an activating group) is 1. The first kappa shape index (κ1) is 17.6. The zero-order chi connectivity index (χ0) is 16.2. The molecule has 1 unspecified atom stereocenters. The SMILES string of the molecule is CCN(CC(C)(C)OC1CCCCO1)c1ncc(Br)cc1F. The molecule has 1 aromatic rings. The third-order valence-electron chi connectivity index (χ3n) is 3.63. The summed E-state index contributed by atoms with van der Waals surface area (Å²) in [7, 11) is 0. The van der Waals surface area contributed by atoms with Crippen LogP contribution in [0, 0.1) is 5.82 Å². The Morgan fingerprint density at radius 1 is 1.50 bits per heavy atom. The summed E-state index contributed by atoms with van der Waals surface area (Å²) >= 11 is 3.23. The van der Waals surface area contributed by atoms with Crippen LogP contribution >= 0.6 is 15.9 Å². The molecule has 0 aliphatic carbocycles. The molecule has 0 N–H and O–H groups in total. The average Bonchev–Trinajstić information content (AvgIpc) is 2.46. The van der Waals surface area contributed by atoms with Gasteiger partial charge in [0.15, 0.2) is 17.9 Å². The Morgan fingerprint density at radius 3 is 2.86 bits per heavy atom. The summed E-state index contributed by atoms with van der Waals surface area (Å²) in [6.07, 6.45) is 4.58. The minimum absolute atomic E-state index is 0.162. The van der Waals surface area contributed by atoms with E-state index < -0.39 is 5.60 Å². The number of aromatic nitrogens is 1. The lowest BCUT2D eigenvalue weighted by atomic mass is 10.1. The van der Waals surface area contributed by atoms with Gasteiger partial charge in [0, 0.05) is 30.4 Å². The van der Waals surface area contributed by atoms with Gasteiger partial charge < -0.3 is 14.4 Å². The molecule has 0 spiro atoms. The summed E-state index contributed by atoms with van der Waals surface area (Å²) in [6, 6.07) is 1.43. The highest BCUT2D eigenvalue weighted by atomic mass is 79.9. The zero-order valence-corrected chi connectivity index (χ0v) is 15.0. The number of halogens is 2. The number of hydrogen-bond donors (Lipinski definition) is 0. The van der Waals surface area contributed by atoms with Crippen LogP contribution in [0.3, 0.4) is 0 Å². The first-order chi connectivity index (χ1) is 10.4. The molecule has 0 radical (unpaired) electrons. The summed E-state index contributed by atoms with van der Waals surface area (Å²) in [4.78, 5) is 6.09. The molecular weight excluding hydrogens is 351 g/mol. The Balaban J connectivity index is 2.04. The topological polar surface area (TPSA) is 34.6 Å². The number of pyridine rings is 1. The van der Waals surface area contributed by atoms with E-state index >= 15 is 0 Å². The molecule has 0 amide bonds. The van der Waals surface area contributed by atoms with Gasteiger partial charge in [-0.1, -0.05) is 0 Å². The molecule has 1 fully saturated rings. The van der Waals surface area contributed by atoms with E-state index in [0.29, 0.717) is 23.4 Å². The maximum Gasteiger partial charge on any atom is 0.166 e. The standard InChI is InChI=1S/C16H24BrFN2O2/c1-4-20(15-13(18)9-12(17)10-19-15)11-16(2,3)22-14-7-5-6-8-21-14/h9-10,14H,4-8,11H2,1-3H3. The summed E-state index contributed by atoms with van der Waals surface area (Å²) < 4.78 is 26.5. The van der Waals surface area contributed by atoms with Gasteiger partial charge >= 0.3 is 0 Å². The molecule has 1 saturated heterocycles. The minimum atomic E-state index is -0.445. The highest BCUT2D eigenvalue weighted by Crippen LogP contribution is 2.25. The van der Waals surface area contributed by atoms with Gasteiger partial charge in [0.1, 0.15) is 0 Å². The molecule has 1 aliphatic rings. The van der Waals surface area contributed by atoms with Gasteiger partial charge in [0.25, 0.3) is 0 Å². The van der Waals surface area contributed by atoms with E-state index in [-0.39, 0.29) is 12.1 Å². The number of nitrogens with zero attached hydrogens (tertiary/aromatic N) is 2. The fourth-order valence-corrected chi connectivity index (χ4v) is 2.94. The van der Waals surface area contributed by atoms with Crippen molar-refractivity contribution in [3.8, 4) is 0 Å². The van der Waals surface area contributed by atoms with E-state index in [4.69, 9.17) is 9.47 Å². The predicted octanol–water partition coefficient (Wildman–Crippen LogP) is 4.13. The molecule has 6 heteroatoms. The van der Waals surface area contributed by atoms with Gasteiger partial charge in [-0.05, 0) is 62.0 Å². The van der Waals surface area contributed by atoms with Gasteiger partial charge in [-0.15, -0.1) is 0 Å². The van der Waals surface area contributed by atoms with Crippen LogP contribution in [0.1, 0.15) is 40.0 Å². The average molecular weight is 375 g/mol. The van der Waals surface area contributed by atoms with Gasteiger partial charge in [0.2, 0.25) is 0 Å². The molecular formula is C16H24BrFN2O2. The van der Waals surface area contributed by atoms with Crippen molar-refractivity contribution in [3.05, 3.63) is 22.6 Å². The minimum Gasteiger partial charge on any atom is -0.353 e. The number of rotatable bonds is 6. The molecule has 4 nitrogen and oxygen atoms in total. The van der Waals surface area contributed by atoms with Crippen molar-refractivity contribution >= 4 is 21.7 Å². The quantitative estimate of drug-likeness (QED) is 0.749. The molecule has 0 bridgehead atoms. The summed E-state index contributed by atoms with van der Waals surface area (Å²) in [5.74, 6) is 0.0212. The van der Waals surface area contributed by atoms with Crippen LogP contribution in [0.15, 0.2) is 16.7 Å². The summed E-state index contributed by atoms with van der Waals surface area (Å²) in [5, 5.41) is 0. The normalized spacial score (nSPS) is 19.2. The molecule has 22 heavy (non-hydrogen) atoms. The lowest BCUT2D eigenvalue weighted by Crippen LogP contribution is -2.44. The van der Waals surface area contributed by atoms with Crippen molar-refractivity contribution in [1.82, 2.24) is 4.98 Å². The van der Waals surface area contributed by atoms with Crippen LogP contribution < -0.4 is 4.90 Å². The van der Waals surface area contributed by atoms with E-state index in [0.717, 1.165) is 25.9 Å². The molecule has 1 aromatic heterocycles. The molecule has 1 aliphatic heterocycles. The fourth-order valence-electron chi connectivity index (χ4n) is 2.63. The van der Waals surface area contributed by atoms with Crippen molar-refractivity contribution in [3.63, 3.8) is 0 Å². The van der Waals surface area contributed by atoms with Crippen LogP contribution in [0.25, 0.3) is 0 Å². The van der Waals surface area contributed by atoms with Gasteiger partial charge in [-0.3, -0.25) is 0 Å². The van der Waals surface area contributed by atoms with Crippen molar-refractivity contribution < 1.29 is 13.9 Å². The van der Waals surface area contributed by atoms with E-state index in [9.17, 15) is 4.39 Å². The van der Waals surface area contributed by atoms with Gasteiger partial charge in [-0.25, -0.2) is 9.37 Å². The van der Waals surface area contributed by atoms with Crippen LogP contribution in [0.4, 0.5) is 10.2 Å². The first-order valence-electron chi connectivity index (χ1n) is 7.76. The van der Waals surface area contributed by atoms with E-state index in [1.807, 2.05) is 25.7 Å². The monoisotopic (exact) mass is 374 g/mol. The van der Waals surface area contributed by atoms with E-state index in [1.165, 1.54) is 6.07 Å². The second-order valence-corrected chi connectivity index (χ2v) is 7.06. The zero-order valence-electron chi connectivity index (χ0n) is 13.4. The third-order valence-corrected chi connectivity index (χ3v) is 4.06. The molecule has 1 atom stereocenters. The lowest BCUT2D eigenvalue weighted by Gasteiger charge is -2.36. The van der Waals surface area contributed by atoms with Crippen LogP contribution in [0.5, 0.6) is 0 Å². The predicted molar refractivity (Wildman–Crippen MR) is 88.5 cm³/mol. The molecule has 2 rings (SSSR count). The Bertz CT molecular complexity index is 493. The van der Waals surface area contributed by atoms with E-state index in [1.54, 1.807) is 6.20 Å². The fraction of sp³-hybridized carbons (Fsp3) is 0.688.